The fraction of sp³-hybridized carbons (Fsp3) is 0.500. The monoisotopic (exact) mass is 200 g/mol. The lowest BCUT2D eigenvalue weighted by Gasteiger charge is -2.07. The molecule has 0 saturated carbocycles. The second-order valence-electron chi connectivity index (χ2n) is 3.29. The van der Waals surface area contributed by atoms with Crippen molar-refractivity contribution in [1.82, 2.24) is 0 Å². The fourth-order valence-electron chi connectivity index (χ4n) is 1.09. The third-order valence-corrected chi connectivity index (χ3v) is 1.90. The Morgan fingerprint density at radius 2 is 1.57 bits per heavy atom. The lowest BCUT2D eigenvalue weighted by Crippen LogP contribution is -1.95. The maximum absolute atomic E-state index is 12.8. The van der Waals surface area contributed by atoms with E-state index in [0.29, 0.717) is 5.56 Å². The third kappa shape index (κ3) is 3.09. The summed E-state index contributed by atoms with van der Waals surface area (Å²) < 4.78 is 25.6. The van der Waals surface area contributed by atoms with Gasteiger partial charge in [0.25, 0.3) is 0 Å². The van der Waals surface area contributed by atoms with Gasteiger partial charge in [-0.15, -0.1) is 0 Å². The van der Waals surface area contributed by atoms with Crippen LogP contribution >= 0.6 is 0 Å². The zero-order valence-electron chi connectivity index (χ0n) is 9.49. The maximum Gasteiger partial charge on any atom is 0.161 e. The Morgan fingerprint density at radius 1 is 1.07 bits per heavy atom. The predicted molar refractivity (Wildman–Crippen MR) is 56.5 cm³/mol. The molecule has 0 atom stereocenters. The van der Waals surface area contributed by atoms with E-state index in [1.54, 1.807) is 13.0 Å². The van der Waals surface area contributed by atoms with E-state index in [0.717, 1.165) is 5.56 Å². The quantitative estimate of drug-likeness (QED) is 0.629. The number of hydrogen-bond donors (Lipinski definition) is 0. The Hall–Kier alpha value is -0.920. The Morgan fingerprint density at radius 3 is 1.93 bits per heavy atom. The molecule has 80 valence electrons. The van der Waals surface area contributed by atoms with Crippen LogP contribution in [0.2, 0.25) is 0 Å². The molecule has 0 spiro atoms. The van der Waals surface area contributed by atoms with Gasteiger partial charge in [0.15, 0.2) is 11.6 Å². The molecule has 0 N–H and O–H groups in total. The summed E-state index contributed by atoms with van der Waals surface area (Å²) in [6.07, 6.45) is 0. The molecule has 0 aliphatic rings. The van der Waals surface area contributed by atoms with E-state index in [-0.39, 0.29) is 5.92 Å². The lowest BCUT2D eigenvalue weighted by molar-refractivity contribution is 0.500. The van der Waals surface area contributed by atoms with Crippen LogP contribution in [0.4, 0.5) is 8.78 Å². The number of benzene rings is 1. The fourth-order valence-corrected chi connectivity index (χ4v) is 1.09. The summed E-state index contributed by atoms with van der Waals surface area (Å²) >= 11 is 0. The molecule has 0 bridgehead atoms. The van der Waals surface area contributed by atoms with E-state index < -0.39 is 11.6 Å². The summed E-state index contributed by atoms with van der Waals surface area (Å²) in [7, 11) is 0. The molecule has 0 aliphatic carbocycles. The largest absolute Gasteiger partial charge is 0.204 e. The van der Waals surface area contributed by atoms with E-state index in [1.165, 1.54) is 6.07 Å². The van der Waals surface area contributed by atoms with Crippen molar-refractivity contribution in [1.29, 1.82) is 0 Å². The summed E-state index contributed by atoms with van der Waals surface area (Å²) in [6.45, 7) is 9.47. The summed E-state index contributed by atoms with van der Waals surface area (Å²) in [5.74, 6) is -1.25. The molecule has 0 fully saturated rings. The predicted octanol–water partition coefficient (Wildman–Crippen LogP) is 4.42. The Kier molecular flexibility index (Phi) is 5.36. The summed E-state index contributed by atoms with van der Waals surface area (Å²) in [6, 6.07) is 2.94. The van der Waals surface area contributed by atoms with Gasteiger partial charge in [0.05, 0.1) is 0 Å². The highest BCUT2D eigenvalue weighted by atomic mass is 19.2. The van der Waals surface area contributed by atoms with Crippen LogP contribution in [0.15, 0.2) is 12.1 Å². The third-order valence-electron chi connectivity index (χ3n) is 1.90. The van der Waals surface area contributed by atoms with Crippen LogP contribution in [0.25, 0.3) is 0 Å². The SMILES string of the molecule is CC.Cc1cc(C(C)C)cc(F)c1F. The molecule has 0 unspecified atom stereocenters. The van der Waals surface area contributed by atoms with E-state index in [9.17, 15) is 8.78 Å². The average Bonchev–Trinajstić information content (AvgIpc) is 2.16. The molecular formula is C12H18F2. The van der Waals surface area contributed by atoms with E-state index in [2.05, 4.69) is 0 Å². The molecule has 0 saturated heterocycles. The van der Waals surface area contributed by atoms with Crippen LogP contribution < -0.4 is 0 Å². The Labute approximate surface area is 85.0 Å². The van der Waals surface area contributed by atoms with Crippen molar-refractivity contribution >= 4 is 0 Å². The van der Waals surface area contributed by atoms with Gasteiger partial charge in [-0.25, -0.2) is 8.78 Å². The van der Waals surface area contributed by atoms with Crippen molar-refractivity contribution in [2.45, 2.75) is 40.5 Å². The first-order valence-electron chi connectivity index (χ1n) is 4.98. The first-order chi connectivity index (χ1) is 6.52. The highest BCUT2D eigenvalue weighted by Crippen LogP contribution is 2.20. The average molecular weight is 200 g/mol. The van der Waals surface area contributed by atoms with Crippen molar-refractivity contribution in [2.24, 2.45) is 0 Å². The molecule has 0 amide bonds. The van der Waals surface area contributed by atoms with E-state index >= 15 is 0 Å². The standard InChI is InChI=1S/C10H12F2.C2H6/c1-6(2)8-4-7(3)10(12)9(11)5-8;1-2/h4-6H,1-3H3;1-2H3. The molecule has 1 rings (SSSR count). The maximum atomic E-state index is 12.8. The second kappa shape index (κ2) is 5.74. The number of halogens is 2. The minimum Gasteiger partial charge on any atom is -0.204 e. The van der Waals surface area contributed by atoms with Crippen LogP contribution in [-0.4, -0.2) is 0 Å². The Bertz CT molecular complexity index is 267. The zero-order chi connectivity index (χ0) is 11.3. The van der Waals surface area contributed by atoms with E-state index in [1.807, 2.05) is 27.7 Å². The summed E-state index contributed by atoms with van der Waals surface area (Å²) in [5.41, 5.74) is 1.21. The van der Waals surface area contributed by atoms with Crippen LogP contribution in [0.3, 0.4) is 0 Å². The van der Waals surface area contributed by atoms with Gasteiger partial charge in [0, 0.05) is 0 Å². The molecule has 0 heterocycles. The minimum atomic E-state index is -0.751. The zero-order valence-corrected chi connectivity index (χ0v) is 9.49. The second-order valence-corrected chi connectivity index (χ2v) is 3.29. The van der Waals surface area contributed by atoms with Crippen LogP contribution in [0.1, 0.15) is 44.7 Å². The Balaban J connectivity index is 0.000000791. The van der Waals surface area contributed by atoms with Crippen LogP contribution in [0, 0.1) is 18.6 Å². The summed E-state index contributed by atoms with van der Waals surface area (Å²) in [4.78, 5) is 0. The van der Waals surface area contributed by atoms with Crippen molar-refractivity contribution in [3.63, 3.8) is 0 Å². The molecule has 1 aromatic rings. The molecule has 14 heavy (non-hydrogen) atoms. The smallest absolute Gasteiger partial charge is 0.161 e. The van der Waals surface area contributed by atoms with Crippen molar-refractivity contribution < 1.29 is 8.78 Å². The van der Waals surface area contributed by atoms with Gasteiger partial charge in [0.2, 0.25) is 0 Å². The lowest BCUT2D eigenvalue weighted by atomic mass is 10.0. The van der Waals surface area contributed by atoms with Crippen LogP contribution in [-0.2, 0) is 0 Å². The first-order valence-corrected chi connectivity index (χ1v) is 4.98. The highest BCUT2D eigenvalue weighted by Gasteiger charge is 2.08. The molecule has 0 radical (unpaired) electrons. The van der Waals surface area contributed by atoms with Gasteiger partial charge in [-0.3, -0.25) is 0 Å². The van der Waals surface area contributed by atoms with Gasteiger partial charge in [0.1, 0.15) is 0 Å². The van der Waals surface area contributed by atoms with Crippen LogP contribution in [0.5, 0.6) is 0 Å². The van der Waals surface area contributed by atoms with Gasteiger partial charge in [-0.1, -0.05) is 33.8 Å². The first kappa shape index (κ1) is 13.1. The van der Waals surface area contributed by atoms with Crippen molar-refractivity contribution in [3.05, 3.63) is 34.9 Å². The molecule has 2 heteroatoms. The van der Waals surface area contributed by atoms with Crippen molar-refractivity contribution in [3.8, 4) is 0 Å². The summed E-state index contributed by atoms with van der Waals surface area (Å²) in [5, 5.41) is 0. The minimum absolute atomic E-state index is 0.235. The normalized spacial score (nSPS) is 9.71. The van der Waals surface area contributed by atoms with Crippen molar-refractivity contribution in [2.75, 3.05) is 0 Å². The number of aryl methyl sites for hydroxylation is 1. The molecule has 0 aliphatic heterocycles. The highest BCUT2D eigenvalue weighted by molar-refractivity contribution is 5.27. The number of rotatable bonds is 1. The topological polar surface area (TPSA) is 0 Å². The number of hydrogen-bond acceptors (Lipinski definition) is 0. The van der Waals surface area contributed by atoms with Gasteiger partial charge < -0.3 is 0 Å². The van der Waals surface area contributed by atoms with E-state index in [4.69, 9.17) is 0 Å². The molecule has 1 aromatic carbocycles. The molecule has 0 nitrogen and oxygen atoms in total. The van der Waals surface area contributed by atoms with Gasteiger partial charge in [-0.2, -0.15) is 0 Å². The van der Waals surface area contributed by atoms with Gasteiger partial charge in [-0.05, 0) is 30.0 Å². The van der Waals surface area contributed by atoms with Gasteiger partial charge >= 0.3 is 0 Å². The molecule has 0 aromatic heterocycles. The molecular weight excluding hydrogens is 182 g/mol.